The summed E-state index contributed by atoms with van der Waals surface area (Å²) in [7, 11) is 0. The van der Waals surface area contributed by atoms with Gasteiger partial charge in [0.1, 0.15) is 5.82 Å². The summed E-state index contributed by atoms with van der Waals surface area (Å²) in [6, 6.07) is 16.5. The van der Waals surface area contributed by atoms with Gasteiger partial charge in [-0.15, -0.1) is 11.3 Å². The molecule has 0 unspecified atom stereocenters. The highest BCUT2D eigenvalue weighted by molar-refractivity contribution is 7.17. The third-order valence-electron chi connectivity index (χ3n) is 3.85. The number of hydrogen-bond donors (Lipinski definition) is 2. The van der Waals surface area contributed by atoms with Crippen LogP contribution >= 0.6 is 11.3 Å². The number of anilines is 1. The van der Waals surface area contributed by atoms with Gasteiger partial charge in [0.25, 0.3) is 11.8 Å². The van der Waals surface area contributed by atoms with E-state index in [1.165, 1.54) is 23.5 Å². The Bertz CT molecular complexity index is 987. The first-order chi connectivity index (χ1) is 13.2. The summed E-state index contributed by atoms with van der Waals surface area (Å²) in [6.45, 7) is 5.75. The fourth-order valence-electron chi connectivity index (χ4n) is 2.54. The molecule has 0 bridgehead atoms. The molecule has 0 saturated carbocycles. The predicted molar refractivity (Wildman–Crippen MR) is 111 cm³/mol. The molecular formula is C22H21FN2O2S. The van der Waals surface area contributed by atoms with E-state index in [0.29, 0.717) is 16.1 Å². The molecule has 6 heteroatoms. The van der Waals surface area contributed by atoms with Crippen LogP contribution in [0.2, 0.25) is 0 Å². The first-order valence-electron chi connectivity index (χ1n) is 8.81. The van der Waals surface area contributed by atoms with Gasteiger partial charge in [0.05, 0.1) is 4.88 Å². The first kappa shape index (κ1) is 19.8. The number of benzene rings is 2. The van der Waals surface area contributed by atoms with Crippen molar-refractivity contribution in [2.24, 2.45) is 0 Å². The van der Waals surface area contributed by atoms with E-state index in [0.717, 1.165) is 10.4 Å². The van der Waals surface area contributed by atoms with Gasteiger partial charge in [-0.05, 0) is 74.9 Å². The summed E-state index contributed by atoms with van der Waals surface area (Å²) in [5.41, 5.74) is 1.68. The molecule has 144 valence electrons. The van der Waals surface area contributed by atoms with Gasteiger partial charge in [-0.1, -0.05) is 12.1 Å². The Kier molecular flexibility index (Phi) is 5.61. The Morgan fingerprint density at radius 1 is 0.857 bits per heavy atom. The molecule has 2 aromatic carbocycles. The molecule has 0 fully saturated rings. The van der Waals surface area contributed by atoms with Crippen molar-refractivity contribution in [3.8, 4) is 10.4 Å². The SMILES string of the molecule is CC(C)(C)NC(=O)c1ccc(NC(=O)c2ccc(-c3ccc(F)cc3)s2)cc1. The second-order valence-electron chi connectivity index (χ2n) is 7.41. The van der Waals surface area contributed by atoms with Crippen molar-refractivity contribution in [2.75, 3.05) is 5.32 Å². The average Bonchev–Trinajstić information content (AvgIpc) is 3.12. The molecule has 0 saturated heterocycles. The monoisotopic (exact) mass is 396 g/mol. The maximum atomic E-state index is 13.1. The van der Waals surface area contributed by atoms with Crippen LogP contribution in [-0.4, -0.2) is 17.4 Å². The zero-order chi connectivity index (χ0) is 20.3. The maximum Gasteiger partial charge on any atom is 0.265 e. The Morgan fingerprint density at radius 3 is 2.11 bits per heavy atom. The lowest BCUT2D eigenvalue weighted by Gasteiger charge is -2.20. The predicted octanol–water partition coefficient (Wildman–Crippen LogP) is 5.33. The van der Waals surface area contributed by atoms with Crippen molar-refractivity contribution in [1.82, 2.24) is 5.32 Å². The fraction of sp³-hybridized carbons (Fsp3) is 0.182. The highest BCUT2D eigenvalue weighted by Crippen LogP contribution is 2.28. The van der Waals surface area contributed by atoms with Crippen LogP contribution in [0.25, 0.3) is 10.4 Å². The minimum Gasteiger partial charge on any atom is -0.347 e. The number of carbonyl (C=O) groups is 2. The molecule has 0 radical (unpaired) electrons. The topological polar surface area (TPSA) is 58.2 Å². The van der Waals surface area contributed by atoms with Gasteiger partial charge in [0.2, 0.25) is 0 Å². The standard InChI is InChI=1S/C22H21FN2O2S/c1-22(2,3)25-20(26)15-6-10-17(11-7-15)24-21(27)19-13-12-18(28-19)14-4-8-16(23)9-5-14/h4-13H,1-3H3,(H,24,27)(H,25,26). The van der Waals surface area contributed by atoms with Crippen molar-refractivity contribution in [1.29, 1.82) is 0 Å². The number of nitrogens with one attached hydrogen (secondary N) is 2. The number of amides is 2. The number of halogens is 1. The van der Waals surface area contributed by atoms with Crippen LogP contribution < -0.4 is 10.6 Å². The van der Waals surface area contributed by atoms with Gasteiger partial charge in [0.15, 0.2) is 0 Å². The van der Waals surface area contributed by atoms with E-state index in [4.69, 9.17) is 0 Å². The largest absolute Gasteiger partial charge is 0.347 e. The lowest BCUT2D eigenvalue weighted by Crippen LogP contribution is -2.40. The summed E-state index contributed by atoms with van der Waals surface area (Å²) >= 11 is 1.33. The Morgan fingerprint density at radius 2 is 1.50 bits per heavy atom. The molecular weight excluding hydrogens is 375 g/mol. The van der Waals surface area contributed by atoms with E-state index in [9.17, 15) is 14.0 Å². The van der Waals surface area contributed by atoms with Crippen molar-refractivity contribution < 1.29 is 14.0 Å². The van der Waals surface area contributed by atoms with E-state index >= 15 is 0 Å². The van der Waals surface area contributed by atoms with E-state index in [2.05, 4.69) is 10.6 Å². The van der Waals surface area contributed by atoms with Gasteiger partial charge in [0, 0.05) is 21.7 Å². The highest BCUT2D eigenvalue weighted by atomic mass is 32.1. The molecule has 2 N–H and O–H groups in total. The molecule has 0 aliphatic heterocycles. The lowest BCUT2D eigenvalue weighted by molar-refractivity contribution is 0.0919. The minimum atomic E-state index is -0.314. The maximum absolute atomic E-state index is 13.1. The normalized spacial score (nSPS) is 11.1. The average molecular weight is 396 g/mol. The van der Waals surface area contributed by atoms with Crippen molar-refractivity contribution in [3.05, 3.63) is 76.9 Å². The van der Waals surface area contributed by atoms with E-state index < -0.39 is 0 Å². The van der Waals surface area contributed by atoms with Crippen molar-refractivity contribution in [3.63, 3.8) is 0 Å². The number of hydrogen-bond acceptors (Lipinski definition) is 3. The summed E-state index contributed by atoms with van der Waals surface area (Å²) in [6.07, 6.45) is 0. The molecule has 3 aromatic rings. The van der Waals surface area contributed by atoms with Gasteiger partial charge < -0.3 is 10.6 Å². The zero-order valence-electron chi connectivity index (χ0n) is 15.9. The number of thiophene rings is 1. The third kappa shape index (κ3) is 5.04. The van der Waals surface area contributed by atoms with Crippen LogP contribution in [0.4, 0.5) is 10.1 Å². The third-order valence-corrected chi connectivity index (χ3v) is 4.99. The van der Waals surface area contributed by atoms with Crippen LogP contribution in [0, 0.1) is 5.82 Å². The molecule has 1 aromatic heterocycles. The second kappa shape index (κ2) is 7.94. The van der Waals surface area contributed by atoms with Crippen LogP contribution in [0.3, 0.4) is 0 Å². The van der Waals surface area contributed by atoms with Crippen LogP contribution in [0.1, 0.15) is 40.8 Å². The Labute approximate surface area is 167 Å². The summed E-state index contributed by atoms with van der Waals surface area (Å²) in [4.78, 5) is 26.1. The fourth-order valence-corrected chi connectivity index (χ4v) is 3.45. The lowest BCUT2D eigenvalue weighted by atomic mass is 10.1. The van der Waals surface area contributed by atoms with Crippen LogP contribution in [0.5, 0.6) is 0 Å². The molecule has 4 nitrogen and oxygen atoms in total. The number of rotatable bonds is 4. The second-order valence-corrected chi connectivity index (χ2v) is 8.49. The van der Waals surface area contributed by atoms with Crippen LogP contribution in [0.15, 0.2) is 60.7 Å². The summed E-state index contributed by atoms with van der Waals surface area (Å²) in [5.74, 6) is -0.685. The number of carbonyl (C=O) groups excluding carboxylic acids is 2. The molecule has 28 heavy (non-hydrogen) atoms. The molecule has 0 aliphatic rings. The van der Waals surface area contributed by atoms with Gasteiger partial charge in [-0.25, -0.2) is 4.39 Å². The molecule has 0 spiro atoms. The highest BCUT2D eigenvalue weighted by Gasteiger charge is 2.15. The smallest absolute Gasteiger partial charge is 0.265 e. The van der Waals surface area contributed by atoms with Gasteiger partial charge in [-0.3, -0.25) is 9.59 Å². The zero-order valence-corrected chi connectivity index (χ0v) is 16.7. The minimum absolute atomic E-state index is 0.160. The van der Waals surface area contributed by atoms with Crippen molar-refractivity contribution >= 4 is 28.8 Å². The van der Waals surface area contributed by atoms with Gasteiger partial charge in [-0.2, -0.15) is 0 Å². The van der Waals surface area contributed by atoms with Crippen LogP contribution in [-0.2, 0) is 0 Å². The van der Waals surface area contributed by atoms with Crippen molar-refractivity contribution in [2.45, 2.75) is 26.3 Å². The van der Waals surface area contributed by atoms with E-state index in [1.807, 2.05) is 26.8 Å². The molecule has 0 aliphatic carbocycles. The quantitative estimate of drug-likeness (QED) is 0.626. The van der Waals surface area contributed by atoms with E-state index in [1.54, 1.807) is 42.5 Å². The molecule has 0 atom stereocenters. The van der Waals surface area contributed by atoms with E-state index in [-0.39, 0.29) is 23.2 Å². The Balaban J connectivity index is 1.66. The van der Waals surface area contributed by atoms with Gasteiger partial charge >= 0.3 is 0 Å². The first-order valence-corrected chi connectivity index (χ1v) is 9.63. The Hall–Kier alpha value is -2.99. The molecule has 3 rings (SSSR count). The summed E-state index contributed by atoms with van der Waals surface area (Å²) in [5, 5.41) is 5.72. The molecule has 2 amide bonds. The molecule has 1 heterocycles. The summed E-state index contributed by atoms with van der Waals surface area (Å²) < 4.78 is 13.1.